The predicted molar refractivity (Wildman–Crippen MR) is 79.9 cm³/mol. The highest BCUT2D eigenvalue weighted by Gasteiger charge is 2.24. The Balaban J connectivity index is 1.66. The van der Waals surface area contributed by atoms with Crippen LogP contribution in [0.5, 0.6) is 0 Å². The van der Waals surface area contributed by atoms with E-state index in [2.05, 4.69) is 29.2 Å². The van der Waals surface area contributed by atoms with Crippen molar-refractivity contribution in [3.63, 3.8) is 0 Å². The fraction of sp³-hybridized carbons (Fsp3) is 0.294. The van der Waals surface area contributed by atoms with Gasteiger partial charge in [0.25, 0.3) is 0 Å². The van der Waals surface area contributed by atoms with Gasteiger partial charge in [0.2, 0.25) is 0 Å². The summed E-state index contributed by atoms with van der Waals surface area (Å²) in [4.78, 5) is 2.42. The van der Waals surface area contributed by atoms with E-state index >= 15 is 0 Å². The number of benzene rings is 2. The number of anilines is 1. The maximum Gasteiger partial charge on any atom is 0.146 e. The van der Waals surface area contributed by atoms with Gasteiger partial charge in [-0.05, 0) is 42.1 Å². The summed E-state index contributed by atoms with van der Waals surface area (Å²) < 4.78 is 13.5. The second kappa shape index (κ2) is 5.63. The van der Waals surface area contributed by atoms with Gasteiger partial charge in [0.15, 0.2) is 0 Å². The van der Waals surface area contributed by atoms with Gasteiger partial charge in [0.05, 0.1) is 5.69 Å². The van der Waals surface area contributed by atoms with Gasteiger partial charge in [0, 0.05) is 13.1 Å². The van der Waals surface area contributed by atoms with Gasteiger partial charge in [-0.15, -0.1) is 0 Å². The Bertz CT molecular complexity index is 583. The summed E-state index contributed by atoms with van der Waals surface area (Å²) in [6.45, 7) is 3.01. The molecule has 2 N–H and O–H groups in total. The van der Waals surface area contributed by atoms with Crippen LogP contribution < -0.4 is 5.73 Å². The van der Waals surface area contributed by atoms with Crippen molar-refractivity contribution >= 4 is 5.69 Å². The van der Waals surface area contributed by atoms with E-state index in [0.717, 1.165) is 31.6 Å². The highest BCUT2D eigenvalue weighted by molar-refractivity contribution is 5.42. The molecule has 104 valence electrons. The Morgan fingerprint density at radius 3 is 2.70 bits per heavy atom. The number of nitrogens with zero attached hydrogens (tertiary/aromatic N) is 1. The van der Waals surface area contributed by atoms with Crippen LogP contribution in [0.1, 0.15) is 23.5 Å². The summed E-state index contributed by atoms with van der Waals surface area (Å²) >= 11 is 0. The molecule has 20 heavy (non-hydrogen) atoms. The lowest BCUT2D eigenvalue weighted by Gasteiger charge is -2.16. The smallest absolute Gasteiger partial charge is 0.146 e. The molecule has 2 aromatic carbocycles. The Hall–Kier alpha value is -1.87. The lowest BCUT2D eigenvalue weighted by Crippen LogP contribution is -2.19. The molecule has 3 heteroatoms. The molecule has 0 saturated carbocycles. The second-order valence-electron chi connectivity index (χ2n) is 5.49. The minimum absolute atomic E-state index is 0.230. The minimum Gasteiger partial charge on any atom is -0.396 e. The van der Waals surface area contributed by atoms with Crippen molar-refractivity contribution in [1.82, 2.24) is 4.90 Å². The molecule has 2 aromatic rings. The molecular weight excluding hydrogens is 251 g/mol. The number of halogens is 1. The molecule has 1 heterocycles. The van der Waals surface area contributed by atoms with Gasteiger partial charge in [-0.2, -0.15) is 0 Å². The van der Waals surface area contributed by atoms with E-state index in [0.29, 0.717) is 5.92 Å². The molecule has 1 aliphatic heterocycles. The van der Waals surface area contributed by atoms with E-state index in [-0.39, 0.29) is 11.5 Å². The highest BCUT2D eigenvalue weighted by atomic mass is 19.1. The van der Waals surface area contributed by atoms with E-state index in [1.54, 1.807) is 12.1 Å². The zero-order valence-electron chi connectivity index (χ0n) is 11.4. The first-order chi connectivity index (χ1) is 9.72. The van der Waals surface area contributed by atoms with Gasteiger partial charge in [-0.25, -0.2) is 4.39 Å². The van der Waals surface area contributed by atoms with Crippen molar-refractivity contribution in [1.29, 1.82) is 0 Å². The lowest BCUT2D eigenvalue weighted by atomic mass is 9.98. The third-order valence-electron chi connectivity index (χ3n) is 4.02. The molecule has 1 atom stereocenters. The van der Waals surface area contributed by atoms with Gasteiger partial charge in [0.1, 0.15) is 5.82 Å². The molecule has 1 saturated heterocycles. The molecule has 0 aromatic heterocycles. The molecule has 0 unspecified atom stereocenters. The van der Waals surface area contributed by atoms with Gasteiger partial charge >= 0.3 is 0 Å². The molecule has 0 spiro atoms. The number of nitrogens with two attached hydrogens (primary N) is 1. The zero-order chi connectivity index (χ0) is 13.9. The first kappa shape index (κ1) is 13.1. The van der Waals surface area contributed by atoms with Gasteiger partial charge in [-0.1, -0.05) is 36.4 Å². The maximum absolute atomic E-state index is 13.5. The Morgan fingerprint density at radius 1 is 1.15 bits per heavy atom. The van der Waals surface area contributed by atoms with Crippen LogP contribution in [-0.4, -0.2) is 18.0 Å². The van der Waals surface area contributed by atoms with Crippen molar-refractivity contribution in [3.8, 4) is 0 Å². The first-order valence-corrected chi connectivity index (χ1v) is 7.03. The summed E-state index contributed by atoms with van der Waals surface area (Å²) in [5, 5.41) is 0. The molecule has 0 bridgehead atoms. The molecule has 1 aliphatic rings. The number of rotatable bonds is 3. The zero-order valence-corrected chi connectivity index (χ0v) is 11.4. The van der Waals surface area contributed by atoms with Gasteiger partial charge < -0.3 is 5.73 Å². The number of hydrogen-bond acceptors (Lipinski definition) is 2. The maximum atomic E-state index is 13.5. The van der Waals surface area contributed by atoms with Crippen molar-refractivity contribution in [2.24, 2.45) is 0 Å². The SMILES string of the molecule is Nc1ccc([C@@H]2CCN(Cc3ccccc3)C2)cc1F. The van der Waals surface area contributed by atoms with E-state index < -0.39 is 0 Å². The Kier molecular flexibility index (Phi) is 3.70. The van der Waals surface area contributed by atoms with Crippen LogP contribution >= 0.6 is 0 Å². The summed E-state index contributed by atoms with van der Waals surface area (Å²) in [7, 11) is 0. The van der Waals surface area contributed by atoms with Crippen LogP contribution in [0.2, 0.25) is 0 Å². The van der Waals surface area contributed by atoms with E-state index in [4.69, 9.17) is 5.73 Å². The largest absolute Gasteiger partial charge is 0.396 e. The van der Waals surface area contributed by atoms with Crippen LogP contribution in [-0.2, 0) is 6.54 Å². The van der Waals surface area contributed by atoms with Gasteiger partial charge in [-0.3, -0.25) is 4.90 Å². The van der Waals surface area contributed by atoms with Crippen LogP contribution in [0.3, 0.4) is 0 Å². The standard InChI is InChI=1S/C17H19FN2/c18-16-10-14(6-7-17(16)19)15-8-9-20(12-15)11-13-4-2-1-3-5-13/h1-7,10,15H,8-9,11-12,19H2/t15-/m1/s1. The predicted octanol–water partition coefficient (Wildman–Crippen LogP) is 3.40. The summed E-state index contributed by atoms with van der Waals surface area (Å²) in [6.07, 6.45) is 1.08. The van der Waals surface area contributed by atoms with Crippen molar-refractivity contribution in [2.75, 3.05) is 18.8 Å². The second-order valence-corrected chi connectivity index (χ2v) is 5.49. The molecule has 0 amide bonds. The van der Waals surface area contributed by atoms with Crippen LogP contribution in [0.25, 0.3) is 0 Å². The number of likely N-dealkylation sites (tertiary alicyclic amines) is 1. The molecule has 2 nitrogen and oxygen atoms in total. The van der Waals surface area contributed by atoms with E-state index in [9.17, 15) is 4.39 Å². The summed E-state index contributed by atoms with van der Waals surface area (Å²) in [5.41, 5.74) is 8.15. The average molecular weight is 270 g/mol. The third kappa shape index (κ3) is 2.83. The minimum atomic E-state index is -0.302. The molecule has 0 radical (unpaired) electrons. The molecule has 1 fully saturated rings. The monoisotopic (exact) mass is 270 g/mol. The van der Waals surface area contributed by atoms with Crippen LogP contribution in [0.15, 0.2) is 48.5 Å². The Labute approximate surface area is 119 Å². The van der Waals surface area contributed by atoms with Crippen molar-refractivity contribution < 1.29 is 4.39 Å². The first-order valence-electron chi connectivity index (χ1n) is 7.03. The summed E-state index contributed by atoms with van der Waals surface area (Å²) in [5.74, 6) is 0.109. The van der Waals surface area contributed by atoms with Crippen molar-refractivity contribution in [2.45, 2.75) is 18.9 Å². The third-order valence-corrected chi connectivity index (χ3v) is 4.02. The van der Waals surface area contributed by atoms with Crippen LogP contribution in [0.4, 0.5) is 10.1 Å². The van der Waals surface area contributed by atoms with Crippen molar-refractivity contribution in [3.05, 3.63) is 65.5 Å². The topological polar surface area (TPSA) is 29.3 Å². The lowest BCUT2D eigenvalue weighted by molar-refractivity contribution is 0.327. The number of nitrogen functional groups attached to an aromatic ring is 1. The number of hydrogen-bond donors (Lipinski definition) is 1. The fourth-order valence-electron chi connectivity index (χ4n) is 2.89. The highest BCUT2D eigenvalue weighted by Crippen LogP contribution is 2.29. The molecule has 3 rings (SSSR count). The van der Waals surface area contributed by atoms with E-state index in [1.807, 2.05) is 12.1 Å². The fourth-order valence-corrected chi connectivity index (χ4v) is 2.89. The Morgan fingerprint density at radius 2 is 1.95 bits per heavy atom. The quantitative estimate of drug-likeness (QED) is 0.866. The van der Waals surface area contributed by atoms with Crippen LogP contribution in [0, 0.1) is 5.82 Å². The summed E-state index contributed by atoms with van der Waals surface area (Å²) in [6, 6.07) is 15.7. The molecular formula is C17H19FN2. The van der Waals surface area contributed by atoms with E-state index in [1.165, 1.54) is 5.56 Å². The molecule has 0 aliphatic carbocycles. The average Bonchev–Trinajstić information content (AvgIpc) is 2.91. The normalized spacial score (nSPS) is 19.4.